The second-order valence-electron chi connectivity index (χ2n) is 3.19. The lowest BCUT2D eigenvalue weighted by molar-refractivity contribution is -0.386. The van der Waals surface area contributed by atoms with Crippen LogP contribution in [0.2, 0.25) is 0 Å². The first kappa shape index (κ1) is 13.4. The molecular weight excluding hydrogens is 244 g/mol. The van der Waals surface area contributed by atoms with Crippen LogP contribution in [0.25, 0.3) is 0 Å². The summed E-state index contributed by atoms with van der Waals surface area (Å²) >= 11 is 0. The molecule has 1 aromatic carbocycles. The lowest BCUT2D eigenvalue weighted by Crippen LogP contribution is -2.14. The highest BCUT2D eigenvalue weighted by atomic mass is 16.6. The molecule has 0 bridgehead atoms. The van der Waals surface area contributed by atoms with Crippen LogP contribution in [0.4, 0.5) is 5.69 Å². The number of nitro groups is 1. The Kier molecular flexibility index (Phi) is 3.81. The zero-order valence-corrected chi connectivity index (χ0v) is 9.15. The van der Waals surface area contributed by atoms with Gasteiger partial charge in [0, 0.05) is 0 Å². The van der Waals surface area contributed by atoms with Crippen LogP contribution in [0, 0.1) is 21.4 Å². The minimum absolute atomic E-state index is 0.171. The summed E-state index contributed by atoms with van der Waals surface area (Å²) in [5, 5.41) is 37.8. The Morgan fingerprint density at radius 1 is 1.61 bits per heavy atom. The van der Waals surface area contributed by atoms with E-state index in [2.05, 4.69) is 0 Å². The van der Waals surface area contributed by atoms with E-state index in [-0.39, 0.29) is 11.3 Å². The molecule has 1 atom stereocenters. The van der Waals surface area contributed by atoms with E-state index in [0.29, 0.717) is 0 Å². The first-order chi connectivity index (χ1) is 8.43. The van der Waals surface area contributed by atoms with Crippen LogP contribution < -0.4 is 4.74 Å². The van der Waals surface area contributed by atoms with Gasteiger partial charge in [0.2, 0.25) is 0 Å². The van der Waals surface area contributed by atoms with Crippen LogP contribution in [0.15, 0.2) is 12.1 Å². The van der Waals surface area contributed by atoms with E-state index in [9.17, 15) is 20.0 Å². The third kappa shape index (κ3) is 2.21. The molecule has 0 amide bonds. The second-order valence-corrected chi connectivity index (χ2v) is 3.19. The molecule has 0 aliphatic carbocycles. The van der Waals surface area contributed by atoms with Gasteiger partial charge in [-0.2, -0.15) is 5.26 Å². The van der Waals surface area contributed by atoms with Gasteiger partial charge in [-0.05, 0) is 12.1 Å². The predicted octanol–water partition coefficient (Wildman–Crippen LogP) is 0.593. The SMILES string of the molecule is COc1ccc(C#N)c([N+](=O)[O-])c1C(O)C(=O)O. The quantitative estimate of drug-likeness (QED) is 0.591. The summed E-state index contributed by atoms with van der Waals surface area (Å²) in [7, 11) is 1.17. The van der Waals surface area contributed by atoms with Gasteiger partial charge >= 0.3 is 5.97 Å². The fourth-order valence-electron chi connectivity index (χ4n) is 1.44. The number of nitrogens with zero attached hydrogens (tertiary/aromatic N) is 2. The van der Waals surface area contributed by atoms with E-state index < -0.39 is 28.2 Å². The van der Waals surface area contributed by atoms with Gasteiger partial charge in [0.15, 0.2) is 6.10 Å². The fourth-order valence-corrected chi connectivity index (χ4v) is 1.44. The molecule has 0 aliphatic heterocycles. The largest absolute Gasteiger partial charge is 0.496 e. The molecule has 0 spiro atoms. The van der Waals surface area contributed by atoms with Crippen molar-refractivity contribution in [3.63, 3.8) is 0 Å². The lowest BCUT2D eigenvalue weighted by Gasteiger charge is -2.12. The van der Waals surface area contributed by atoms with Crippen molar-refractivity contribution in [2.75, 3.05) is 7.11 Å². The van der Waals surface area contributed by atoms with Crippen molar-refractivity contribution in [3.05, 3.63) is 33.4 Å². The van der Waals surface area contributed by atoms with Gasteiger partial charge < -0.3 is 14.9 Å². The summed E-state index contributed by atoms with van der Waals surface area (Å²) in [4.78, 5) is 20.7. The van der Waals surface area contributed by atoms with Crippen molar-refractivity contribution < 1.29 is 24.7 Å². The normalized spacial score (nSPS) is 11.4. The highest BCUT2D eigenvalue weighted by Crippen LogP contribution is 2.36. The van der Waals surface area contributed by atoms with E-state index in [1.54, 1.807) is 6.07 Å². The lowest BCUT2D eigenvalue weighted by atomic mass is 10.0. The molecule has 0 fully saturated rings. The zero-order chi connectivity index (χ0) is 13.9. The Morgan fingerprint density at radius 2 is 2.22 bits per heavy atom. The van der Waals surface area contributed by atoms with Crippen LogP contribution in [0.5, 0.6) is 5.75 Å². The number of ether oxygens (including phenoxy) is 1. The monoisotopic (exact) mass is 252 g/mol. The van der Waals surface area contributed by atoms with Crippen LogP contribution in [0.1, 0.15) is 17.2 Å². The van der Waals surface area contributed by atoms with E-state index in [4.69, 9.17) is 15.1 Å². The molecule has 18 heavy (non-hydrogen) atoms. The molecule has 1 rings (SSSR count). The van der Waals surface area contributed by atoms with Crippen LogP contribution in [0.3, 0.4) is 0 Å². The number of nitro benzene ring substituents is 1. The molecule has 0 saturated carbocycles. The van der Waals surface area contributed by atoms with Crippen molar-refractivity contribution in [2.24, 2.45) is 0 Å². The number of aliphatic carboxylic acids is 1. The standard InChI is InChI=1S/C10H8N2O6/c1-18-6-3-2-5(4-11)8(12(16)17)7(6)9(13)10(14)15/h2-3,9,13H,1H3,(H,14,15). The maximum atomic E-state index is 10.9. The summed E-state index contributed by atoms with van der Waals surface area (Å²) in [5.74, 6) is -1.85. The van der Waals surface area contributed by atoms with E-state index in [0.717, 1.165) is 6.07 Å². The minimum Gasteiger partial charge on any atom is -0.496 e. The minimum atomic E-state index is -2.14. The Bertz CT molecular complexity index is 548. The maximum absolute atomic E-state index is 10.9. The number of rotatable bonds is 4. The number of carboxylic acids is 1. The van der Waals surface area contributed by atoms with E-state index >= 15 is 0 Å². The first-order valence-corrected chi connectivity index (χ1v) is 4.60. The van der Waals surface area contributed by atoms with Crippen molar-refractivity contribution in [1.29, 1.82) is 5.26 Å². The Hall–Kier alpha value is -2.66. The summed E-state index contributed by atoms with van der Waals surface area (Å²) in [6, 6.07) is 3.87. The van der Waals surface area contributed by atoms with Crippen molar-refractivity contribution in [1.82, 2.24) is 0 Å². The van der Waals surface area contributed by atoms with E-state index in [1.807, 2.05) is 0 Å². The molecule has 0 saturated heterocycles. The molecular formula is C10H8N2O6. The highest BCUT2D eigenvalue weighted by Gasteiger charge is 2.32. The molecule has 94 valence electrons. The number of hydrogen-bond acceptors (Lipinski definition) is 6. The van der Waals surface area contributed by atoms with Gasteiger partial charge in [-0.3, -0.25) is 10.1 Å². The molecule has 0 aromatic heterocycles. The number of carbonyl (C=O) groups is 1. The number of aliphatic hydroxyl groups is 1. The summed E-state index contributed by atoms with van der Waals surface area (Å²) in [6.07, 6.45) is -2.14. The average Bonchev–Trinajstić information content (AvgIpc) is 2.35. The highest BCUT2D eigenvalue weighted by molar-refractivity contribution is 5.78. The number of nitriles is 1. The number of methoxy groups -OCH3 is 1. The number of aliphatic hydroxyl groups excluding tert-OH is 1. The van der Waals surface area contributed by atoms with Gasteiger partial charge in [-0.25, -0.2) is 4.79 Å². The van der Waals surface area contributed by atoms with Gasteiger partial charge in [-0.15, -0.1) is 0 Å². The van der Waals surface area contributed by atoms with Crippen LogP contribution >= 0.6 is 0 Å². The zero-order valence-electron chi connectivity index (χ0n) is 9.15. The van der Waals surface area contributed by atoms with Gasteiger partial charge in [0.05, 0.1) is 12.0 Å². The number of hydrogen-bond donors (Lipinski definition) is 2. The van der Waals surface area contributed by atoms with Gasteiger partial charge in [0.1, 0.15) is 22.9 Å². The summed E-state index contributed by atoms with van der Waals surface area (Å²) in [5.41, 5.74) is -1.67. The number of benzene rings is 1. The number of carboxylic acid groups (broad SMARTS) is 1. The third-order valence-corrected chi connectivity index (χ3v) is 2.21. The summed E-state index contributed by atoms with van der Waals surface area (Å²) in [6.45, 7) is 0. The van der Waals surface area contributed by atoms with Crippen LogP contribution in [-0.2, 0) is 4.79 Å². The maximum Gasteiger partial charge on any atom is 0.337 e. The molecule has 8 nitrogen and oxygen atoms in total. The predicted molar refractivity (Wildman–Crippen MR) is 57.0 cm³/mol. The molecule has 1 unspecified atom stereocenters. The van der Waals surface area contributed by atoms with Crippen molar-refractivity contribution in [2.45, 2.75) is 6.10 Å². The van der Waals surface area contributed by atoms with Crippen LogP contribution in [-0.4, -0.2) is 28.2 Å². The molecule has 0 heterocycles. The van der Waals surface area contributed by atoms with Gasteiger partial charge in [-0.1, -0.05) is 0 Å². The molecule has 2 N–H and O–H groups in total. The topological polar surface area (TPSA) is 134 Å². The average molecular weight is 252 g/mol. The Morgan fingerprint density at radius 3 is 2.61 bits per heavy atom. The van der Waals surface area contributed by atoms with Gasteiger partial charge in [0.25, 0.3) is 5.69 Å². The van der Waals surface area contributed by atoms with Crippen molar-refractivity contribution in [3.8, 4) is 11.8 Å². The molecule has 8 heteroatoms. The Labute approximate surface area is 101 Å². The molecule has 1 aromatic rings. The summed E-state index contributed by atoms with van der Waals surface area (Å²) < 4.78 is 4.77. The Balaban J connectivity index is 3.67. The van der Waals surface area contributed by atoms with Crippen molar-refractivity contribution >= 4 is 11.7 Å². The second kappa shape index (κ2) is 5.11. The molecule has 0 radical (unpaired) electrons. The smallest absolute Gasteiger partial charge is 0.337 e. The third-order valence-electron chi connectivity index (χ3n) is 2.21. The first-order valence-electron chi connectivity index (χ1n) is 4.60. The molecule has 0 aliphatic rings. The fraction of sp³-hybridized carbons (Fsp3) is 0.200. The van der Waals surface area contributed by atoms with E-state index in [1.165, 1.54) is 13.2 Å².